The molecule has 0 aliphatic rings. The highest BCUT2D eigenvalue weighted by atomic mass is 16.5. The van der Waals surface area contributed by atoms with Crippen molar-refractivity contribution in [1.29, 1.82) is 0 Å². The van der Waals surface area contributed by atoms with Gasteiger partial charge in [-0.2, -0.15) is 0 Å². The summed E-state index contributed by atoms with van der Waals surface area (Å²) >= 11 is 0. The number of para-hydroxylation sites is 1. The second-order valence-electron chi connectivity index (χ2n) is 5.86. The monoisotopic (exact) mass is 362 g/mol. The summed E-state index contributed by atoms with van der Waals surface area (Å²) in [6.07, 6.45) is 0.858. The van der Waals surface area contributed by atoms with Crippen LogP contribution in [0.25, 0.3) is 11.3 Å². The number of aryl methyl sites for hydroxylation is 1. The summed E-state index contributed by atoms with van der Waals surface area (Å²) < 4.78 is 5.53. The lowest BCUT2D eigenvalue weighted by molar-refractivity contribution is 0.246. The van der Waals surface area contributed by atoms with E-state index < -0.39 is 0 Å². The molecule has 0 aliphatic heterocycles. The Morgan fingerprint density at radius 2 is 1.74 bits per heavy atom. The van der Waals surface area contributed by atoms with Crippen molar-refractivity contribution in [2.24, 2.45) is 0 Å². The average Bonchev–Trinajstić information content (AvgIpc) is 2.73. The van der Waals surface area contributed by atoms with Gasteiger partial charge >= 0.3 is 6.03 Å². The predicted molar refractivity (Wildman–Crippen MR) is 106 cm³/mol. The maximum Gasteiger partial charge on any atom is 0.319 e. The Kier molecular flexibility index (Phi) is 6.35. The molecular formula is C21H22N4O2. The molecule has 2 amide bonds. The molecule has 27 heavy (non-hydrogen) atoms. The van der Waals surface area contributed by atoms with Crippen LogP contribution in [0.3, 0.4) is 0 Å². The topological polar surface area (TPSA) is 76.1 Å². The number of carbonyl (C=O) groups is 1. The van der Waals surface area contributed by atoms with Crippen molar-refractivity contribution in [3.63, 3.8) is 0 Å². The number of ether oxygens (including phenoxy) is 1. The minimum absolute atomic E-state index is 0.259. The van der Waals surface area contributed by atoms with Gasteiger partial charge in [-0.15, -0.1) is 10.2 Å². The average molecular weight is 362 g/mol. The van der Waals surface area contributed by atoms with Gasteiger partial charge in [-0.25, -0.2) is 4.79 Å². The van der Waals surface area contributed by atoms with Crippen LogP contribution in [0, 0.1) is 0 Å². The second-order valence-corrected chi connectivity index (χ2v) is 5.86. The molecule has 0 spiro atoms. The van der Waals surface area contributed by atoms with E-state index in [0.29, 0.717) is 19.0 Å². The molecule has 0 radical (unpaired) electrons. The van der Waals surface area contributed by atoms with Gasteiger partial charge in [0.2, 0.25) is 5.88 Å². The standard InChI is InChI=1S/C21H22N4O2/c1-2-16-8-6-7-11-18(16)23-21(26)22-14-15-27-20-13-12-19(24-25-20)17-9-4-3-5-10-17/h3-13H,2,14-15H2,1H3,(H2,22,23,26). The fourth-order valence-electron chi connectivity index (χ4n) is 2.60. The van der Waals surface area contributed by atoms with Crippen LogP contribution in [0.1, 0.15) is 12.5 Å². The molecule has 6 heteroatoms. The van der Waals surface area contributed by atoms with E-state index in [2.05, 4.69) is 27.8 Å². The SMILES string of the molecule is CCc1ccccc1NC(=O)NCCOc1ccc(-c2ccccc2)nn1. The van der Waals surface area contributed by atoms with Crippen LogP contribution in [0.4, 0.5) is 10.5 Å². The fourth-order valence-corrected chi connectivity index (χ4v) is 2.60. The first-order valence-electron chi connectivity index (χ1n) is 8.91. The minimum Gasteiger partial charge on any atom is -0.475 e. The largest absolute Gasteiger partial charge is 0.475 e. The maximum absolute atomic E-state index is 12.0. The number of hydrogen-bond acceptors (Lipinski definition) is 4. The number of nitrogens with zero attached hydrogens (tertiary/aromatic N) is 2. The van der Waals surface area contributed by atoms with Crippen molar-refractivity contribution < 1.29 is 9.53 Å². The summed E-state index contributed by atoms with van der Waals surface area (Å²) in [4.78, 5) is 12.0. The Bertz CT molecular complexity index is 867. The second kappa shape index (κ2) is 9.33. The molecular weight excluding hydrogens is 340 g/mol. The summed E-state index contributed by atoms with van der Waals surface area (Å²) in [6.45, 7) is 2.72. The Morgan fingerprint density at radius 3 is 2.48 bits per heavy atom. The van der Waals surface area contributed by atoms with E-state index in [1.165, 1.54) is 0 Å². The van der Waals surface area contributed by atoms with E-state index in [4.69, 9.17) is 4.74 Å². The van der Waals surface area contributed by atoms with Gasteiger partial charge in [0.25, 0.3) is 0 Å². The zero-order valence-corrected chi connectivity index (χ0v) is 15.2. The van der Waals surface area contributed by atoms with E-state index in [0.717, 1.165) is 28.9 Å². The van der Waals surface area contributed by atoms with E-state index in [1.807, 2.05) is 60.7 Å². The first-order chi connectivity index (χ1) is 13.3. The minimum atomic E-state index is -0.259. The molecule has 2 N–H and O–H groups in total. The Labute approximate surface area is 158 Å². The highest BCUT2D eigenvalue weighted by Gasteiger charge is 2.05. The molecule has 3 rings (SSSR count). The van der Waals surface area contributed by atoms with Gasteiger partial charge in [0.05, 0.1) is 12.2 Å². The zero-order valence-electron chi connectivity index (χ0n) is 15.2. The van der Waals surface area contributed by atoms with Crippen molar-refractivity contribution >= 4 is 11.7 Å². The molecule has 1 aromatic heterocycles. The normalized spacial score (nSPS) is 10.3. The van der Waals surface area contributed by atoms with Gasteiger partial charge in [0, 0.05) is 17.3 Å². The van der Waals surface area contributed by atoms with Gasteiger partial charge in [-0.3, -0.25) is 0 Å². The first-order valence-corrected chi connectivity index (χ1v) is 8.91. The Morgan fingerprint density at radius 1 is 0.963 bits per heavy atom. The number of anilines is 1. The molecule has 0 saturated carbocycles. The van der Waals surface area contributed by atoms with Gasteiger partial charge in [-0.1, -0.05) is 55.5 Å². The first kappa shape index (κ1) is 18.4. The third kappa shape index (κ3) is 5.28. The third-order valence-corrected chi connectivity index (χ3v) is 3.99. The molecule has 0 bridgehead atoms. The van der Waals surface area contributed by atoms with Crippen LogP contribution in [0.15, 0.2) is 66.7 Å². The number of rotatable bonds is 7. The van der Waals surface area contributed by atoms with Crippen molar-refractivity contribution in [2.45, 2.75) is 13.3 Å². The van der Waals surface area contributed by atoms with Crippen molar-refractivity contribution in [1.82, 2.24) is 15.5 Å². The van der Waals surface area contributed by atoms with Crippen LogP contribution in [0.5, 0.6) is 5.88 Å². The van der Waals surface area contributed by atoms with Crippen molar-refractivity contribution in [2.75, 3.05) is 18.5 Å². The molecule has 0 atom stereocenters. The number of urea groups is 1. The molecule has 0 unspecified atom stereocenters. The van der Waals surface area contributed by atoms with Crippen molar-refractivity contribution in [3.05, 3.63) is 72.3 Å². The number of carbonyl (C=O) groups excluding carboxylic acids is 1. The lowest BCUT2D eigenvalue weighted by Crippen LogP contribution is -2.32. The van der Waals surface area contributed by atoms with E-state index >= 15 is 0 Å². The van der Waals surface area contributed by atoms with Gasteiger partial charge in [0.15, 0.2) is 0 Å². The zero-order chi connectivity index (χ0) is 18.9. The molecule has 0 saturated heterocycles. The lowest BCUT2D eigenvalue weighted by Gasteiger charge is -2.11. The smallest absolute Gasteiger partial charge is 0.319 e. The molecule has 6 nitrogen and oxygen atoms in total. The van der Waals surface area contributed by atoms with Crippen molar-refractivity contribution in [3.8, 4) is 17.1 Å². The molecule has 138 valence electrons. The fraction of sp³-hybridized carbons (Fsp3) is 0.190. The number of amides is 2. The summed E-state index contributed by atoms with van der Waals surface area (Å²) in [5, 5.41) is 13.8. The quantitative estimate of drug-likeness (QED) is 0.625. The highest BCUT2D eigenvalue weighted by molar-refractivity contribution is 5.90. The maximum atomic E-state index is 12.0. The van der Waals surface area contributed by atoms with Crippen LogP contribution >= 0.6 is 0 Å². The van der Waals surface area contributed by atoms with Gasteiger partial charge < -0.3 is 15.4 Å². The molecule has 1 heterocycles. The van der Waals surface area contributed by atoms with E-state index in [1.54, 1.807) is 6.07 Å². The van der Waals surface area contributed by atoms with Gasteiger partial charge in [-0.05, 0) is 24.1 Å². The lowest BCUT2D eigenvalue weighted by atomic mass is 10.1. The highest BCUT2D eigenvalue weighted by Crippen LogP contribution is 2.17. The Balaban J connectivity index is 1.43. The van der Waals surface area contributed by atoms with Crippen LogP contribution < -0.4 is 15.4 Å². The third-order valence-electron chi connectivity index (χ3n) is 3.99. The summed E-state index contributed by atoms with van der Waals surface area (Å²) in [7, 11) is 0. The van der Waals surface area contributed by atoms with Crippen LogP contribution in [0.2, 0.25) is 0 Å². The van der Waals surface area contributed by atoms with E-state index in [-0.39, 0.29) is 6.03 Å². The summed E-state index contributed by atoms with van der Waals surface area (Å²) in [6, 6.07) is 20.9. The predicted octanol–water partition coefficient (Wildman–Crippen LogP) is 3.91. The van der Waals surface area contributed by atoms with Crippen LogP contribution in [-0.4, -0.2) is 29.4 Å². The van der Waals surface area contributed by atoms with Crippen LogP contribution in [-0.2, 0) is 6.42 Å². The number of nitrogens with one attached hydrogen (secondary N) is 2. The van der Waals surface area contributed by atoms with E-state index in [9.17, 15) is 4.79 Å². The molecule has 3 aromatic rings. The summed E-state index contributed by atoms with van der Waals surface area (Å²) in [5.41, 5.74) is 3.70. The molecule has 0 fully saturated rings. The molecule has 2 aromatic carbocycles. The number of benzene rings is 2. The van der Waals surface area contributed by atoms with Gasteiger partial charge in [0.1, 0.15) is 6.61 Å². The molecule has 0 aliphatic carbocycles. The number of hydrogen-bond donors (Lipinski definition) is 2. The number of aromatic nitrogens is 2. The summed E-state index contributed by atoms with van der Waals surface area (Å²) in [5.74, 6) is 0.424. The Hall–Kier alpha value is -3.41.